The summed E-state index contributed by atoms with van der Waals surface area (Å²) in [5.74, 6) is -1.46. The van der Waals surface area contributed by atoms with Gasteiger partial charge >= 0.3 is 12.1 Å². The van der Waals surface area contributed by atoms with Gasteiger partial charge in [0.2, 0.25) is 5.91 Å². The number of ether oxygens (including phenoxy) is 2. The van der Waals surface area contributed by atoms with Crippen LogP contribution in [-0.2, 0) is 30.5 Å². The van der Waals surface area contributed by atoms with Crippen molar-refractivity contribution in [2.75, 3.05) is 7.11 Å². The number of hydrogen-bond acceptors (Lipinski definition) is 6. The fourth-order valence-electron chi connectivity index (χ4n) is 2.56. The van der Waals surface area contributed by atoms with Crippen LogP contribution in [0.2, 0.25) is 0 Å². The lowest BCUT2D eigenvalue weighted by atomic mass is 10.0. The largest absolute Gasteiger partial charge is 0.467 e. The highest BCUT2D eigenvalue weighted by Gasteiger charge is 2.29. The monoisotopic (exact) mass is 406 g/mol. The van der Waals surface area contributed by atoms with Gasteiger partial charge in [0.25, 0.3) is 0 Å². The van der Waals surface area contributed by atoms with E-state index in [0.29, 0.717) is 6.42 Å². The van der Waals surface area contributed by atoms with E-state index in [0.717, 1.165) is 5.56 Å². The highest BCUT2D eigenvalue weighted by molar-refractivity contribution is 5.90. The average molecular weight is 406 g/mol. The van der Waals surface area contributed by atoms with Crippen molar-refractivity contribution < 1.29 is 28.7 Å². The van der Waals surface area contributed by atoms with Crippen LogP contribution in [0.3, 0.4) is 0 Å². The van der Waals surface area contributed by atoms with Crippen molar-refractivity contribution in [3.05, 3.63) is 35.9 Å². The van der Waals surface area contributed by atoms with Crippen LogP contribution in [0, 0.1) is 5.92 Å². The minimum atomic E-state index is -0.966. The van der Waals surface area contributed by atoms with Gasteiger partial charge in [-0.25, -0.2) is 9.59 Å². The molecule has 2 N–H and O–H groups in total. The zero-order valence-electron chi connectivity index (χ0n) is 17.4. The molecule has 0 fully saturated rings. The lowest BCUT2D eigenvalue weighted by molar-refractivity contribution is -0.145. The van der Waals surface area contributed by atoms with Gasteiger partial charge in [0.05, 0.1) is 7.11 Å². The van der Waals surface area contributed by atoms with E-state index in [2.05, 4.69) is 10.6 Å². The summed E-state index contributed by atoms with van der Waals surface area (Å²) >= 11 is 0. The molecule has 2 amide bonds. The first-order valence-corrected chi connectivity index (χ1v) is 9.65. The van der Waals surface area contributed by atoms with Gasteiger partial charge in [-0.2, -0.15) is 0 Å². The summed E-state index contributed by atoms with van der Waals surface area (Å²) in [5.41, 5.74) is 0.819. The number of carbonyl (C=O) groups excluding carboxylic acids is 4. The first-order valence-electron chi connectivity index (χ1n) is 9.65. The van der Waals surface area contributed by atoms with E-state index in [4.69, 9.17) is 9.47 Å². The first-order chi connectivity index (χ1) is 13.8. The Morgan fingerprint density at radius 3 is 2.24 bits per heavy atom. The zero-order valence-corrected chi connectivity index (χ0v) is 17.4. The lowest BCUT2D eigenvalue weighted by Gasteiger charge is -2.24. The molecule has 0 aliphatic heterocycles. The van der Waals surface area contributed by atoms with Gasteiger partial charge in [0.1, 0.15) is 24.5 Å². The van der Waals surface area contributed by atoms with E-state index in [-0.39, 0.29) is 31.1 Å². The number of rotatable bonds is 11. The second-order valence-electron chi connectivity index (χ2n) is 6.94. The van der Waals surface area contributed by atoms with Gasteiger partial charge in [-0.3, -0.25) is 9.59 Å². The zero-order chi connectivity index (χ0) is 21.8. The Balaban J connectivity index is 2.69. The first kappa shape index (κ1) is 24.1. The number of Topliss-reactive ketones (excluding diaryl/α,β-unsaturated/α-hetero) is 1. The van der Waals surface area contributed by atoms with Crippen LogP contribution in [-0.4, -0.2) is 42.9 Å². The maximum atomic E-state index is 12.7. The van der Waals surface area contributed by atoms with E-state index < -0.39 is 30.1 Å². The van der Waals surface area contributed by atoms with Crippen LogP contribution in [0.1, 0.15) is 45.6 Å². The van der Waals surface area contributed by atoms with Gasteiger partial charge in [-0.1, -0.05) is 51.1 Å². The molecule has 0 unspecified atom stereocenters. The van der Waals surface area contributed by atoms with E-state index in [1.807, 2.05) is 30.3 Å². The number of benzene rings is 1. The van der Waals surface area contributed by atoms with Crippen molar-refractivity contribution in [3.63, 3.8) is 0 Å². The molecule has 1 rings (SSSR count). The number of nitrogens with one attached hydrogen (secondary N) is 2. The summed E-state index contributed by atoms with van der Waals surface area (Å²) in [6, 6.07) is 7.28. The molecule has 0 saturated carbocycles. The molecular formula is C21H30N2O6. The van der Waals surface area contributed by atoms with Crippen molar-refractivity contribution in [3.8, 4) is 0 Å². The maximum absolute atomic E-state index is 12.7. The molecule has 0 radical (unpaired) electrons. The van der Waals surface area contributed by atoms with Crippen LogP contribution in [0.5, 0.6) is 0 Å². The summed E-state index contributed by atoms with van der Waals surface area (Å²) in [4.78, 5) is 48.3. The summed E-state index contributed by atoms with van der Waals surface area (Å²) < 4.78 is 9.87. The molecule has 0 aliphatic carbocycles. The Morgan fingerprint density at radius 1 is 1.03 bits per heavy atom. The molecule has 1 aromatic rings. The standard InChI is InChI=1S/C21H30N2O6/c1-5-16(24)11-12-17(20(26)28-4)22-19(25)18(14(2)3)23-21(27)29-13-15-9-7-6-8-10-15/h6-10,14,17-18H,5,11-13H2,1-4H3,(H,22,25)(H,23,27)/t17-,18+/m0/s1. The smallest absolute Gasteiger partial charge is 0.408 e. The molecular weight excluding hydrogens is 376 g/mol. The summed E-state index contributed by atoms with van der Waals surface area (Å²) in [5, 5.41) is 5.10. The van der Waals surface area contributed by atoms with Crippen LogP contribution in [0.4, 0.5) is 4.79 Å². The Kier molecular flexibility index (Phi) is 10.4. The van der Waals surface area contributed by atoms with Crippen molar-refractivity contribution in [2.24, 2.45) is 5.92 Å². The Labute approximate surface area is 171 Å². The topological polar surface area (TPSA) is 111 Å². The SMILES string of the molecule is CCC(=O)CC[C@H](NC(=O)[C@H](NC(=O)OCc1ccccc1)C(C)C)C(=O)OC. The molecule has 8 heteroatoms. The predicted octanol–water partition coefficient (Wildman–Crippen LogP) is 2.35. The van der Waals surface area contributed by atoms with Crippen LogP contribution < -0.4 is 10.6 Å². The van der Waals surface area contributed by atoms with Crippen LogP contribution >= 0.6 is 0 Å². The molecule has 29 heavy (non-hydrogen) atoms. The average Bonchev–Trinajstić information content (AvgIpc) is 2.72. The van der Waals surface area contributed by atoms with E-state index in [1.165, 1.54) is 7.11 Å². The van der Waals surface area contributed by atoms with Gasteiger partial charge in [-0.15, -0.1) is 0 Å². The number of ketones is 1. The van der Waals surface area contributed by atoms with Crippen molar-refractivity contribution in [2.45, 2.75) is 58.7 Å². The van der Waals surface area contributed by atoms with Crippen molar-refractivity contribution in [1.82, 2.24) is 10.6 Å². The third-order valence-corrected chi connectivity index (χ3v) is 4.34. The number of carbonyl (C=O) groups is 4. The number of hydrogen-bond donors (Lipinski definition) is 2. The molecule has 0 bridgehead atoms. The van der Waals surface area contributed by atoms with Gasteiger partial charge in [-0.05, 0) is 17.9 Å². The number of amides is 2. The van der Waals surface area contributed by atoms with Gasteiger partial charge in [0.15, 0.2) is 0 Å². The van der Waals surface area contributed by atoms with E-state index >= 15 is 0 Å². The fraction of sp³-hybridized carbons (Fsp3) is 0.524. The molecule has 0 spiro atoms. The summed E-state index contributed by atoms with van der Waals surface area (Å²) in [6.45, 7) is 5.32. The quantitative estimate of drug-likeness (QED) is 0.546. The van der Waals surface area contributed by atoms with Crippen LogP contribution in [0.25, 0.3) is 0 Å². The molecule has 0 aliphatic rings. The molecule has 8 nitrogen and oxygen atoms in total. The minimum absolute atomic E-state index is 0.0174. The minimum Gasteiger partial charge on any atom is -0.467 e. The molecule has 1 aromatic carbocycles. The summed E-state index contributed by atoms with van der Waals surface area (Å²) in [6.07, 6.45) is -0.104. The van der Waals surface area contributed by atoms with E-state index in [9.17, 15) is 19.2 Å². The Bertz CT molecular complexity index is 690. The highest BCUT2D eigenvalue weighted by Crippen LogP contribution is 2.08. The van der Waals surface area contributed by atoms with Crippen molar-refractivity contribution in [1.29, 1.82) is 0 Å². The van der Waals surface area contributed by atoms with Gasteiger partial charge < -0.3 is 20.1 Å². The van der Waals surface area contributed by atoms with E-state index in [1.54, 1.807) is 20.8 Å². The fourth-order valence-corrected chi connectivity index (χ4v) is 2.56. The highest BCUT2D eigenvalue weighted by atomic mass is 16.5. The molecule has 0 aromatic heterocycles. The maximum Gasteiger partial charge on any atom is 0.408 e. The number of methoxy groups -OCH3 is 1. The third kappa shape index (κ3) is 8.76. The lowest BCUT2D eigenvalue weighted by Crippen LogP contribution is -2.54. The molecule has 2 atom stereocenters. The Morgan fingerprint density at radius 2 is 1.69 bits per heavy atom. The van der Waals surface area contributed by atoms with Crippen molar-refractivity contribution >= 4 is 23.8 Å². The number of alkyl carbamates (subject to hydrolysis) is 1. The summed E-state index contributed by atoms with van der Waals surface area (Å²) in [7, 11) is 1.21. The van der Waals surface area contributed by atoms with Crippen LogP contribution in [0.15, 0.2) is 30.3 Å². The number of esters is 1. The van der Waals surface area contributed by atoms with Gasteiger partial charge in [0, 0.05) is 12.8 Å². The second-order valence-corrected chi connectivity index (χ2v) is 6.94. The Hall–Kier alpha value is -2.90. The predicted molar refractivity (Wildman–Crippen MR) is 107 cm³/mol. The molecule has 0 heterocycles. The molecule has 0 saturated heterocycles. The molecule has 160 valence electrons. The normalized spacial score (nSPS) is 12.6. The third-order valence-electron chi connectivity index (χ3n) is 4.34. The second kappa shape index (κ2) is 12.5.